The van der Waals surface area contributed by atoms with Crippen LogP contribution in [0.4, 0.5) is 4.39 Å². The van der Waals surface area contributed by atoms with Crippen molar-refractivity contribution < 1.29 is 4.39 Å². The zero-order valence-corrected chi connectivity index (χ0v) is 10.1. The lowest BCUT2D eigenvalue weighted by Crippen LogP contribution is -2.15. The zero-order valence-electron chi connectivity index (χ0n) is 9.29. The molecule has 1 rings (SSSR count). The van der Waals surface area contributed by atoms with Gasteiger partial charge in [0.1, 0.15) is 5.67 Å². The van der Waals surface area contributed by atoms with Gasteiger partial charge in [-0.05, 0) is 38.4 Å². The standard InChI is InChI=1S/C12H18FNS/c1-12(2,13)9-15-11-6-4-3-5-10(11)7-8-14/h3-6H,7-9,14H2,1-2H3. The van der Waals surface area contributed by atoms with Gasteiger partial charge in [-0.2, -0.15) is 0 Å². The van der Waals surface area contributed by atoms with Crippen LogP contribution in [0, 0.1) is 0 Å². The van der Waals surface area contributed by atoms with Crippen molar-refractivity contribution in [2.75, 3.05) is 12.3 Å². The molecular weight excluding hydrogens is 209 g/mol. The van der Waals surface area contributed by atoms with Crippen LogP contribution in [0.2, 0.25) is 0 Å². The molecule has 0 fully saturated rings. The summed E-state index contributed by atoms with van der Waals surface area (Å²) in [4.78, 5) is 1.15. The highest BCUT2D eigenvalue weighted by molar-refractivity contribution is 7.99. The summed E-state index contributed by atoms with van der Waals surface area (Å²) < 4.78 is 13.3. The summed E-state index contributed by atoms with van der Waals surface area (Å²) in [5, 5.41) is 0. The molecule has 0 amide bonds. The first-order valence-corrected chi connectivity index (χ1v) is 6.11. The summed E-state index contributed by atoms with van der Waals surface area (Å²) in [5.41, 5.74) is 5.62. The molecule has 0 aliphatic rings. The van der Waals surface area contributed by atoms with Crippen LogP contribution in [-0.4, -0.2) is 18.0 Å². The van der Waals surface area contributed by atoms with Crippen LogP contribution in [0.15, 0.2) is 29.2 Å². The van der Waals surface area contributed by atoms with Gasteiger partial charge in [-0.25, -0.2) is 4.39 Å². The maximum atomic E-state index is 13.3. The van der Waals surface area contributed by atoms with E-state index in [9.17, 15) is 4.39 Å². The molecule has 0 radical (unpaired) electrons. The fourth-order valence-electron chi connectivity index (χ4n) is 1.26. The van der Waals surface area contributed by atoms with Gasteiger partial charge in [-0.3, -0.25) is 0 Å². The van der Waals surface area contributed by atoms with E-state index in [2.05, 4.69) is 6.07 Å². The molecule has 84 valence electrons. The summed E-state index contributed by atoms with van der Waals surface area (Å²) in [6.45, 7) is 3.84. The Morgan fingerprint density at radius 2 is 2.00 bits per heavy atom. The second kappa shape index (κ2) is 5.52. The van der Waals surface area contributed by atoms with Gasteiger partial charge in [0.15, 0.2) is 0 Å². The number of halogens is 1. The Kier molecular flexibility index (Phi) is 4.61. The summed E-state index contributed by atoms with van der Waals surface area (Å²) in [7, 11) is 0. The first-order chi connectivity index (χ1) is 7.03. The van der Waals surface area contributed by atoms with Gasteiger partial charge in [-0.15, -0.1) is 11.8 Å². The van der Waals surface area contributed by atoms with Crippen molar-refractivity contribution >= 4 is 11.8 Å². The van der Waals surface area contributed by atoms with Crippen LogP contribution in [0.3, 0.4) is 0 Å². The number of benzene rings is 1. The van der Waals surface area contributed by atoms with Gasteiger partial charge >= 0.3 is 0 Å². The molecule has 3 heteroatoms. The highest BCUT2D eigenvalue weighted by Crippen LogP contribution is 2.27. The van der Waals surface area contributed by atoms with E-state index in [0.717, 1.165) is 11.3 Å². The SMILES string of the molecule is CC(C)(F)CSc1ccccc1CCN. The largest absolute Gasteiger partial charge is 0.330 e. The highest BCUT2D eigenvalue weighted by atomic mass is 32.2. The molecule has 1 nitrogen and oxygen atoms in total. The molecular formula is C12H18FNS. The van der Waals surface area contributed by atoms with Gasteiger partial charge in [0.25, 0.3) is 0 Å². The van der Waals surface area contributed by atoms with Crippen LogP contribution in [0.5, 0.6) is 0 Å². The first kappa shape index (κ1) is 12.5. The van der Waals surface area contributed by atoms with Gasteiger partial charge in [0.05, 0.1) is 0 Å². The summed E-state index contributed by atoms with van der Waals surface area (Å²) >= 11 is 1.56. The normalized spacial score (nSPS) is 11.7. The summed E-state index contributed by atoms with van der Waals surface area (Å²) in [6.07, 6.45) is 0.857. The number of rotatable bonds is 5. The smallest absolute Gasteiger partial charge is 0.114 e. The predicted octanol–water partition coefficient (Wildman–Crippen LogP) is 3.03. The molecule has 0 aliphatic heterocycles. The van der Waals surface area contributed by atoms with Crippen LogP contribution >= 0.6 is 11.8 Å². The Hall–Kier alpha value is -0.540. The van der Waals surface area contributed by atoms with Gasteiger partial charge in [0.2, 0.25) is 0 Å². The monoisotopic (exact) mass is 227 g/mol. The number of nitrogens with two attached hydrogens (primary N) is 1. The molecule has 0 saturated carbocycles. The van der Waals surface area contributed by atoms with Crippen molar-refractivity contribution in [1.29, 1.82) is 0 Å². The molecule has 1 aromatic carbocycles. The third kappa shape index (κ3) is 4.67. The fourth-order valence-corrected chi connectivity index (χ4v) is 2.29. The van der Waals surface area contributed by atoms with Gasteiger partial charge < -0.3 is 5.73 Å². The molecule has 0 atom stereocenters. The Morgan fingerprint density at radius 1 is 1.33 bits per heavy atom. The minimum atomic E-state index is -1.12. The summed E-state index contributed by atoms with van der Waals surface area (Å²) in [5.74, 6) is 0.481. The van der Waals surface area contributed by atoms with Crippen LogP contribution in [0.1, 0.15) is 19.4 Å². The number of thioether (sulfide) groups is 1. The zero-order chi connectivity index (χ0) is 11.3. The molecule has 1 aromatic rings. The lowest BCUT2D eigenvalue weighted by atomic mass is 10.1. The Morgan fingerprint density at radius 3 is 2.60 bits per heavy atom. The molecule has 0 bridgehead atoms. The van der Waals surface area contributed by atoms with E-state index in [1.807, 2.05) is 18.2 Å². The molecule has 15 heavy (non-hydrogen) atoms. The highest BCUT2D eigenvalue weighted by Gasteiger charge is 2.16. The third-order valence-electron chi connectivity index (χ3n) is 1.96. The maximum Gasteiger partial charge on any atom is 0.114 e. The minimum absolute atomic E-state index is 0.481. The Bertz CT molecular complexity index is 307. The Labute approximate surface area is 95.2 Å². The van der Waals surface area contributed by atoms with Crippen molar-refractivity contribution in [1.82, 2.24) is 0 Å². The lowest BCUT2D eigenvalue weighted by molar-refractivity contribution is 0.253. The maximum absolute atomic E-state index is 13.3. The van der Waals surface area contributed by atoms with Crippen molar-refractivity contribution in [3.63, 3.8) is 0 Å². The van der Waals surface area contributed by atoms with E-state index < -0.39 is 5.67 Å². The Balaban J connectivity index is 2.67. The van der Waals surface area contributed by atoms with Crippen LogP contribution < -0.4 is 5.73 Å². The van der Waals surface area contributed by atoms with Crippen molar-refractivity contribution in [3.05, 3.63) is 29.8 Å². The van der Waals surface area contributed by atoms with Crippen molar-refractivity contribution in [3.8, 4) is 0 Å². The number of alkyl halides is 1. The molecule has 0 aliphatic carbocycles. The molecule has 2 N–H and O–H groups in total. The molecule has 0 saturated heterocycles. The van der Waals surface area contributed by atoms with E-state index in [-0.39, 0.29) is 0 Å². The minimum Gasteiger partial charge on any atom is -0.330 e. The van der Waals surface area contributed by atoms with Gasteiger partial charge in [-0.1, -0.05) is 18.2 Å². The van der Waals surface area contributed by atoms with E-state index in [1.165, 1.54) is 5.56 Å². The predicted molar refractivity (Wildman–Crippen MR) is 65.1 cm³/mol. The van der Waals surface area contributed by atoms with Crippen molar-refractivity contribution in [2.45, 2.75) is 30.8 Å². The molecule has 0 unspecified atom stereocenters. The quantitative estimate of drug-likeness (QED) is 0.782. The van der Waals surface area contributed by atoms with Crippen LogP contribution in [-0.2, 0) is 6.42 Å². The molecule has 0 heterocycles. The van der Waals surface area contributed by atoms with Crippen molar-refractivity contribution in [2.24, 2.45) is 5.73 Å². The van der Waals surface area contributed by atoms with E-state index >= 15 is 0 Å². The average Bonchev–Trinajstić information content (AvgIpc) is 2.16. The van der Waals surface area contributed by atoms with E-state index in [1.54, 1.807) is 25.6 Å². The molecule has 0 aromatic heterocycles. The lowest BCUT2D eigenvalue weighted by Gasteiger charge is -2.14. The summed E-state index contributed by atoms with van der Waals surface area (Å²) in [6, 6.07) is 8.06. The topological polar surface area (TPSA) is 26.0 Å². The fraction of sp³-hybridized carbons (Fsp3) is 0.500. The second-order valence-corrected chi connectivity index (χ2v) is 5.17. The van der Waals surface area contributed by atoms with Crippen LogP contribution in [0.25, 0.3) is 0 Å². The number of hydrogen-bond donors (Lipinski definition) is 1. The molecule has 0 spiro atoms. The van der Waals surface area contributed by atoms with E-state index in [0.29, 0.717) is 12.3 Å². The number of hydrogen-bond acceptors (Lipinski definition) is 2. The van der Waals surface area contributed by atoms with E-state index in [4.69, 9.17) is 5.73 Å². The second-order valence-electron chi connectivity index (χ2n) is 4.15. The average molecular weight is 227 g/mol. The first-order valence-electron chi connectivity index (χ1n) is 5.12. The third-order valence-corrected chi connectivity index (χ3v) is 3.50. The van der Waals surface area contributed by atoms with Gasteiger partial charge in [0, 0.05) is 10.6 Å².